The molecule has 0 spiro atoms. The molecule has 6 nitrogen and oxygen atoms in total. The lowest BCUT2D eigenvalue weighted by molar-refractivity contribution is 0.586. The topological polar surface area (TPSA) is 75.2 Å². The number of benzene rings is 2. The molecule has 0 radical (unpaired) electrons. The molecule has 0 fully saturated rings. The van der Waals surface area contributed by atoms with Crippen LogP contribution in [0.25, 0.3) is 0 Å². The number of aromatic nitrogens is 2. The Morgan fingerprint density at radius 3 is 2.78 bits per heavy atom. The number of hydrogen-bond donors (Lipinski definition) is 1. The summed E-state index contributed by atoms with van der Waals surface area (Å²) in [6.45, 7) is 0.455. The van der Waals surface area contributed by atoms with Gasteiger partial charge in [0.05, 0.1) is 21.3 Å². The lowest BCUT2D eigenvalue weighted by atomic mass is 10.0. The second kappa shape index (κ2) is 7.17. The summed E-state index contributed by atoms with van der Waals surface area (Å²) in [5, 5.41) is 3.45. The molecule has 4 rings (SSSR count). The van der Waals surface area contributed by atoms with Crippen LogP contribution in [0.3, 0.4) is 0 Å². The van der Waals surface area contributed by atoms with Crippen LogP contribution in [-0.2, 0) is 16.4 Å². The van der Waals surface area contributed by atoms with Gasteiger partial charge in [-0.05, 0) is 48.7 Å². The largest absolute Gasteiger partial charge is 0.339 e. The molecule has 0 bridgehead atoms. The quantitative estimate of drug-likeness (QED) is 0.716. The lowest BCUT2D eigenvalue weighted by Crippen LogP contribution is -2.35. The maximum atomic E-state index is 13.3. The smallest absolute Gasteiger partial charge is 0.264 e. The summed E-state index contributed by atoms with van der Waals surface area (Å²) in [5.74, 6) is 0.532. The van der Waals surface area contributed by atoms with E-state index >= 15 is 0 Å². The maximum Gasteiger partial charge on any atom is 0.264 e. The van der Waals surface area contributed by atoms with E-state index in [0.717, 1.165) is 24.1 Å². The van der Waals surface area contributed by atoms with Crippen LogP contribution in [0, 0.1) is 0 Å². The minimum Gasteiger partial charge on any atom is -0.339 e. The third kappa shape index (κ3) is 3.48. The van der Waals surface area contributed by atoms with Crippen molar-refractivity contribution in [3.8, 4) is 0 Å². The molecule has 0 saturated carbocycles. The molecule has 3 aromatic rings. The highest BCUT2D eigenvalue weighted by Crippen LogP contribution is 2.34. The van der Waals surface area contributed by atoms with Crippen LogP contribution in [0.15, 0.2) is 66.0 Å². The van der Waals surface area contributed by atoms with Crippen molar-refractivity contribution < 1.29 is 8.42 Å². The summed E-state index contributed by atoms with van der Waals surface area (Å²) in [6, 6.07) is 13.9. The van der Waals surface area contributed by atoms with E-state index in [1.54, 1.807) is 18.3 Å². The van der Waals surface area contributed by atoms with E-state index in [2.05, 4.69) is 15.3 Å². The van der Waals surface area contributed by atoms with Gasteiger partial charge >= 0.3 is 0 Å². The standard InChI is InChI=1S/C19H17ClN4O2S/c20-16-8-7-15(12-17(16)23-19-9-10-21-13-22-19)27(25,26)24-11-3-5-14-4-1-2-6-18(14)24/h1-2,4,6-10,12-13H,3,5,11H2,(H,21,22,23). The lowest BCUT2D eigenvalue weighted by Gasteiger charge is -2.30. The number of halogens is 1. The predicted octanol–water partition coefficient (Wildman–Crippen LogP) is 4.02. The highest BCUT2D eigenvalue weighted by atomic mass is 35.5. The first-order chi connectivity index (χ1) is 13.1. The molecular formula is C19H17ClN4O2S. The summed E-state index contributed by atoms with van der Waals surface area (Å²) < 4.78 is 28.1. The Morgan fingerprint density at radius 2 is 1.96 bits per heavy atom. The summed E-state index contributed by atoms with van der Waals surface area (Å²) in [4.78, 5) is 8.13. The van der Waals surface area contributed by atoms with Gasteiger partial charge in [-0.3, -0.25) is 4.31 Å². The summed E-state index contributed by atoms with van der Waals surface area (Å²) in [7, 11) is -3.71. The second-order valence-electron chi connectivity index (χ2n) is 6.17. The zero-order valence-electron chi connectivity index (χ0n) is 14.3. The molecule has 0 saturated heterocycles. The van der Waals surface area contributed by atoms with Crippen LogP contribution in [0.2, 0.25) is 5.02 Å². The fourth-order valence-corrected chi connectivity index (χ4v) is 4.87. The number of nitrogens with zero attached hydrogens (tertiary/aromatic N) is 3. The van der Waals surface area contributed by atoms with Crippen molar-refractivity contribution in [3.05, 3.63) is 71.6 Å². The fourth-order valence-electron chi connectivity index (χ4n) is 3.14. The van der Waals surface area contributed by atoms with E-state index in [-0.39, 0.29) is 4.90 Å². The van der Waals surface area contributed by atoms with E-state index in [0.29, 0.717) is 23.1 Å². The Balaban J connectivity index is 1.72. The van der Waals surface area contributed by atoms with E-state index in [4.69, 9.17) is 11.6 Å². The van der Waals surface area contributed by atoms with Crippen molar-refractivity contribution in [1.29, 1.82) is 0 Å². The average Bonchev–Trinajstić information content (AvgIpc) is 2.70. The molecule has 1 aliphatic rings. The van der Waals surface area contributed by atoms with Gasteiger partial charge in [-0.1, -0.05) is 29.8 Å². The van der Waals surface area contributed by atoms with Crippen LogP contribution in [0.1, 0.15) is 12.0 Å². The maximum absolute atomic E-state index is 13.3. The van der Waals surface area contributed by atoms with Gasteiger partial charge in [0.2, 0.25) is 0 Å². The van der Waals surface area contributed by atoms with Crippen molar-refractivity contribution >= 4 is 38.8 Å². The van der Waals surface area contributed by atoms with Crippen molar-refractivity contribution in [1.82, 2.24) is 9.97 Å². The molecule has 1 aromatic heterocycles. The zero-order valence-corrected chi connectivity index (χ0v) is 15.9. The Morgan fingerprint density at radius 1 is 1.11 bits per heavy atom. The SMILES string of the molecule is O=S(=O)(c1ccc(Cl)c(Nc2ccncn2)c1)N1CCCc2ccccc21. The Hall–Kier alpha value is -2.64. The summed E-state index contributed by atoms with van der Waals surface area (Å²) in [5.41, 5.74) is 2.26. The van der Waals surface area contributed by atoms with Crippen LogP contribution in [0.5, 0.6) is 0 Å². The van der Waals surface area contributed by atoms with Crippen molar-refractivity contribution in [2.24, 2.45) is 0 Å². The molecule has 0 aliphatic carbocycles. The number of fused-ring (bicyclic) bond motifs is 1. The normalized spacial score (nSPS) is 13.9. The monoisotopic (exact) mass is 400 g/mol. The fraction of sp³-hybridized carbons (Fsp3) is 0.158. The molecule has 8 heteroatoms. The van der Waals surface area contributed by atoms with Gasteiger partial charge in [-0.25, -0.2) is 18.4 Å². The molecule has 1 N–H and O–H groups in total. The number of rotatable bonds is 4. The summed E-state index contributed by atoms with van der Waals surface area (Å²) in [6.07, 6.45) is 4.66. The Labute approximate surface area is 162 Å². The number of sulfonamides is 1. The number of nitrogens with one attached hydrogen (secondary N) is 1. The summed E-state index contributed by atoms with van der Waals surface area (Å²) >= 11 is 6.25. The first-order valence-electron chi connectivity index (χ1n) is 8.49. The minimum absolute atomic E-state index is 0.181. The van der Waals surface area contributed by atoms with Crippen molar-refractivity contribution in [2.75, 3.05) is 16.2 Å². The molecule has 0 amide bonds. The van der Waals surface area contributed by atoms with E-state index in [9.17, 15) is 8.42 Å². The average molecular weight is 401 g/mol. The number of hydrogen-bond acceptors (Lipinski definition) is 5. The van der Waals surface area contributed by atoms with Crippen LogP contribution >= 0.6 is 11.6 Å². The predicted molar refractivity (Wildman–Crippen MR) is 106 cm³/mol. The third-order valence-corrected chi connectivity index (χ3v) is 6.58. The van der Waals surface area contributed by atoms with E-state index in [1.807, 2.05) is 24.3 Å². The van der Waals surface area contributed by atoms with Gasteiger partial charge in [-0.2, -0.15) is 0 Å². The van der Waals surface area contributed by atoms with Crippen LogP contribution in [0.4, 0.5) is 17.2 Å². The highest BCUT2D eigenvalue weighted by molar-refractivity contribution is 7.92. The molecule has 0 atom stereocenters. The Bertz CT molecular complexity index is 1070. The molecule has 2 heterocycles. The van der Waals surface area contributed by atoms with Crippen molar-refractivity contribution in [3.63, 3.8) is 0 Å². The number of para-hydroxylation sites is 1. The number of aryl methyl sites for hydroxylation is 1. The van der Waals surface area contributed by atoms with Gasteiger partial charge in [0.15, 0.2) is 0 Å². The Kier molecular flexibility index (Phi) is 4.72. The van der Waals surface area contributed by atoms with Crippen LogP contribution in [-0.4, -0.2) is 24.9 Å². The minimum atomic E-state index is -3.71. The molecule has 1 aliphatic heterocycles. The van der Waals surface area contributed by atoms with Gasteiger partial charge in [0.25, 0.3) is 10.0 Å². The molecule has 138 valence electrons. The molecule has 2 aromatic carbocycles. The second-order valence-corrected chi connectivity index (χ2v) is 8.44. The molecule has 0 unspecified atom stereocenters. The molecular weight excluding hydrogens is 384 g/mol. The van der Waals surface area contributed by atoms with Gasteiger partial charge in [0.1, 0.15) is 12.1 Å². The van der Waals surface area contributed by atoms with E-state index < -0.39 is 10.0 Å². The van der Waals surface area contributed by atoms with E-state index in [1.165, 1.54) is 22.8 Å². The van der Waals surface area contributed by atoms with Gasteiger partial charge in [-0.15, -0.1) is 0 Å². The van der Waals surface area contributed by atoms with Gasteiger partial charge in [0, 0.05) is 12.7 Å². The highest BCUT2D eigenvalue weighted by Gasteiger charge is 2.29. The number of anilines is 3. The molecule has 27 heavy (non-hydrogen) atoms. The zero-order chi connectivity index (χ0) is 18.9. The first-order valence-corrected chi connectivity index (χ1v) is 10.3. The van der Waals surface area contributed by atoms with Crippen LogP contribution < -0.4 is 9.62 Å². The van der Waals surface area contributed by atoms with Crippen molar-refractivity contribution in [2.45, 2.75) is 17.7 Å². The van der Waals surface area contributed by atoms with Gasteiger partial charge < -0.3 is 5.32 Å². The third-order valence-electron chi connectivity index (χ3n) is 4.44. The first kappa shape index (κ1) is 17.8.